The van der Waals surface area contributed by atoms with Gasteiger partial charge in [-0.2, -0.15) is 0 Å². The van der Waals surface area contributed by atoms with Crippen molar-refractivity contribution in [1.29, 1.82) is 0 Å². The molecule has 18 heavy (non-hydrogen) atoms. The molecule has 0 saturated carbocycles. The summed E-state index contributed by atoms with van der Waals surface area (Å²) in [4.78, 5) is 8.41. The van der Waals surface area contributed by atoms with Crippen LogP contribution in [0.3, 0.4) is 0 Å². The van der Waals surface area contributed by atoms with Crippen molar-refractivity contribution in [2.24, 2.45) is 5.73 Å². The quantitative estimate of drug-likeness (QED) is 0.721. The molecule has 0 amide bonds. The summed E-state index contributed by atoms with van der Waals surface area (Å²) in [5, 5.41) is 8.32. The minimum Gasteiger partial charge on any atom is -0.325 e. The first kappa shape index (κ1) is 10.8. The number of hydrogen-bond acceptors (Lipinski definition) is 5. The van der Waals surface area contributed by atoms with Crippen LogP contribution in [0.1, 0.15) is 11.4 Å². The predicted octanol–water partition coefficient (Wildman–Crippen LogP) is 0.953. The lowest BCUT2D eigenvalue weighted by Gasteiger charge is -2.01. The molecule has 0 atom stereocenters. The van der Waals surface area contributed by atoms with Crippen LogP contribution in [0.25, 0.3) is 17.0 Å². The van der Waals surface area contributed by atoms with Crippen LogP contribution in [0.2, 0.25) is 0 Å². The maximum absolute atomic E-state index is 5.59. The highest BCUT2D eigenvalue weighted by Crippen LogP contribution is 2.18. The number of nitrogens with zero attached hydrogens (tertiary/aromatic N) is 5. The number of pyridine rings is 1. The van der Waals surface area contributed by atoms with E-state index in [1.807, 2.05) is 29.5 Å². The number of fused-ring (bicyclic) bond motifs is 1. The molecule has 0 unspecified atom stereocenters. The summed E-state index contributed by atoms with van der Waals surface area (Å²) in [6, 6.07) is 5.69. The zero-order chi connectivity index (χ0) is 12.5. The van der Waals surface area contributed by atoms with Gasteiger partial charge < -0.3 is 5.73 Å². The average Bonchev–Trinajstić information content (AvgIpc) is 2.81. The summed E-state index contributed by atoms with van der Waals surface area (Å²) < 4.78 is 1.85. The summed E-state index contributed by atoms with van der Waals surface area (Å²) in [7, 11) is 0. The second-order valence-electron chi connectivity index (χ2n) is 4.02. The first-order chi connectivity index (χ1) is 8.78. The lowest BCUT2D eigenvalue weighted by Crippen LogP contribution is -2.00. The molecule has 6 nitrogen and oxygen atoms in total. The Bertz CT molecular complexity index is 703. The van der Waals surface area contributed by atoms with Crippen molar-refractivity contribution < 1.29 is 0 Å². The first-order valence-corrected chi connectivity index (χ1v) is 5.60. The fourth-order valence-corrected chi connectivity index (χ4v) is 1.81. The predicted molar refractivity (Wildman–Crippen MR) is 66.6 cm³/mol. The highest BCUT2D eigenvalue weighted by molar-refractivity contribution is 5.59. The van der Waals surface area contributed by atoms with Gasteiger partial charge >= 0.3 is 0 Å². The standard InChI is InChI=1S/C12H12N6/c1-8-4-11-16-17-12(18(11)7-15-8)9-2-3-14-10(5-9)6-13/h2-5,7H,6,13H2,1H3. The van der Waals surface area contributed by atoms with Gasteiger partial charge in [-0.1, -0.05) is 0 Å². The number of aromatic nitrogens is 5. The van der Waals surface area contributed by atoms with Gasteiger partial charge in [0.2, 0.25) is 0 Å². The number of aryl methyl sites for hydroxylation is 1. The van der Waals surface area contributed by atoms with Gasteiger partial charge in [0, 0.05) is 30.1 Å². The van der Waals surface area contributed by atoms with Crippen molar-refractivity contribution in [3.63, 3.8) is 0 Å². The van der Waals surface area contributed by atoms with Crippen LogP contribution >= 0.6 is 0 Å². The van der Waals surface area contributed by atoms with Gasteiger partial charge in [0.05, 0.1) is 5.69 Å². The van der Waals surface area contributed by atoms with E-state index in [9.17, 15) is 0 Å². The van der Waals surface area contributed by atoms with E-state index in [2.05, 4.69) is 20.2 Å². The maximum Gasteiger partial charge on any atom is 0.169 e. The van der Waals surface area contributed by atoms with Gasteiger partial charge in [-0.3, -0.25) is 9.38 Å². The fraction of sp³-hybridized carbons (Fsp3) is 0.167. The van der Waals surface area contributed by atoms with Crippen LogP contribution in [0.15, 0.2) is 30.7 Å². The zero-order valence-electron chi connectivity index (χ0n) is 9.91. The van der Waals surface area contributed by atoms with Gasteiger partial charge in [0.25, 0.3) is 0 Å². The smallest absolute Gasteiger partial charge is 0.169 e. The maximum atomic E-state index is 5.59. The highest BCUT2D eigenvalue weighted by Gasteiger charge is 2.08. The molecule has 0 fully saturated rings. The lowest BCUT2D eigenvalue weighted by atomic mass is 10.2. The topological polar surface area (TPSA) is 82.0 Å². The van der Waals surface area contributed by atoms with Crippen molar-refractivity contribution >= 4 is 5.65 Å². The molecule has 3 heterocycles. The molecule has 0 bridgehead atoms. The highest BCUT2D eigenvalue weighted by atomic mass is 15.3. The van der Waals surface area contributed by atoms with Crippen LogP contribution in [0.5, 0.6) is 0 Å². The normalized spacial score (nSPS) is 11.0. The Hall–Kier alpha value is -2.34. The van der Waals surface area contributed by atoms with E-state index in [1.165, 1.54) is 0 Å². The second kappa shape index (κ2) is 4.15. The van der Waals surface area contributed by atoms with Crippen LogP contribution < -0.4 is 5.73 Å². The Balaban J connectivity index is 2.19. The summed E-state index contributed by atoms with van der Waals surface area (Å²) in [5.41, 5.74) is 9.04. The van der Waals surface area contributed by atoms with Gasteiger partial charge in [0.1, 0.15) is 6.33 Å². The molecular weight excluding hydrogens is 228 g/mol. The Labute approximate surface area is 104 Å². The molecular formula is C12H12N6. The molecule has 0 spiro atoms. The van der Waals surface area contributed by atoms with E-state index in [-0.39, 0.29) is 0 Å². The monoisotopic (exact) mass is 240 g/mol. The van der Waals surface area contributed by atoms with E-state index >= 15 is 0 Å². The molecule has 0 aliphatic carbocycles. The minimum atomic E-state index is 0.405. The van der Waals surface area contributed by atoms with Crippen molar-refractivity contribution in [2.45, 2.75) is 13.5 Å². The molecule has 6 heteroatoms. The van der Waals surface area contributed by atoms with Gasteiger partial charge in [-0.05, 0) is 19.1 Å². The van der Waals surface area contributed by atoms with E-state index in [0.29, 0.717) is 6.54 Å². The summed E-state index contributed by atoms with van der Waals surface area (Å²) in [5.74, 6) is 0.745. The SMILES string of the molecule is Cc1cc2nnc(-c3ccnc(CN)c3)n2cn1. The molecule has 0 aliphatic rings. The summed E-state index contributed by atoms with van der Waals surface area (Å²) >= 11 is 0. The zero-order valence-corrected chi connectivity index (χ0v) is 9.91. The third-order valence-corrected chi connectivity index (χ3v) is 2.72. The average molecular weight is 240 g/mol. The largest absolute Gasteiger partial charge is 0.325 e. The van der Waals surface area contributed by atoms with Crippen LogP contribution in [0.4, 0.5) is 0 Å². The third-order valence-electron chi connectivity index (χ3n) is 2.72. The molecule has 0 aromatic carbocycles. The van der Waals surface area contributed by atoms with Gasteiger partial charge in [-0.15, -0.1) is 10.2 Å². The lowest BCUT2D eigenvalue weighted by molar-refractivity contribution is 0.985. The van der Waals surface area contributed by atoms with Crippen LogP contribution in [0, 0.1) is 6.92 Å². The third kappa shape index (κ3) is 1.72. The Kier molecular flexibility index (Phi) is 2.49. The van der Waals surface area contributed by atoms with Gasteiger partial charge in [-0.25, -0.2) is 4.98 Å². The first-order valence-electron chi connectivity index (χ1n) is 5.60. The Morgan fingerprint density at radius 1 is 1.22 bits per heavy atom. The van der Waals surface area contributed by atoms with E-state index in [0.717, 1.165) is 28.4 Å². The molecule has 0 saturated heterocycles. The fourth-order valence-electron chi connectivity index (χ4n) is 1.81. The molecule has 0 aliphatic heterocycles. The molecule has 90 valence electrons. The number of rotatable bonds is 2. The van der Waals surface area contributed by atoms with Gasteiger partial charge in [0.15, 0.2) is 11.5 Å². The van der Waals surface area contributed by atoms with Crippen LogP contribution in [-0.4, -0.2) is 24.6 Å². The van der Waals surface area contributed by atoms with E-state index in [4.69, 9.17) is 5.73 Å². The molecule has 3 aromatic rings. The summed E-state index contributed by atoms with van der Waals surface area (Å²) in [6.07, 6.45) is 3.45. The van der Waals surface area contributed by atoms with E-state index in [1.54, 1.807) is 12.5 Å². The number of hydrogen-bond donors (Lipinski definition) is 1. The minimum absolute atomic E-state index is 0.405. The van der Waals surface area contributed by atoms with Crippen molar-refractivity contribution in [3.05, 3.63) is 42.1 Å². The molecule has 0 radical (unpaired) electrons. The van der Waals surface area contributed by atoms with Crippen LogP contribution in [-0.2, 0) is 6.54 Å². The molecule has 2 N–H and O–H groups in total. The second-order valence-corrected chi connectivity index (χ2v) is 4.02. The molecule has 3 rings (SSSR count). The Morgan fingerprint density at radius 3 is 2.94 bits per heavy atom. The van der Waals surface area contributed by atoms with Crippen molar-refractivity contribution in [1.82, 2.24) is 24.6 Å². The van der Waals surface area contributed by atoms with E-state index < -0.39 is 0 Å². The van der Waals surface area contributed by atoms with Crippen molar-refractivity contribution in [2.75, 3.05) is 0 Å². The Morgan fingerprint density at radius 2 is 2.11 bits per heavy atom. The van der Waals surface area contributed by atoms with Crippen molar-refractivity contribution in [3.8, 4) is 11.4 Å². The number of nitrogens with two attached hydrogens (primary N) is 1. The molecule has 3 aromatic heterocycles. The summed E-state index contributed by atoms with van der Waals surface area (Å²) in [6.45, 7) is 2.33.